The van der Waals surface area contributed by atoms with E-state index in [1.165, 1.54) is 36.4 Å². The van der Waals surface area contributed by atoms with Crippen LogP contribution in [0.4, 0.5) is 20.2 Å². The molecule has 6 nitrogen and oxygen atoms in total. The average Bonchev–Trinajstić information content (AvgIpc) is 2.55. The van der Waals surface area contributed by atoms with Gasteiger partial charge < -0.3 is 21.1 Å². The maximum atomic E-state index is 12.1. The summed E-state index contributed by atoms with van der Waals surface area (Å²) in [6.45, 7) is -3.00. The van der Waals surface area contributed by atoms with Gasteiger partial charge in [0.25, 0.3) is 0 Å². The van der Waals surface area contributed by atoms with Gasteiger partial charge >= 0.3 is 6.61 Å². The molecule has 132 valence electrons. The minimum atomic E-state index is -2.91. The third-order valence-corrected chi connectivity index (χ3v) is 3.38. The smallest absolute Gasteiger partial charge is 0.387 e. The fourth-order valence-corrected chi connectivity index (χ4v) is 2.14. The number of halogens is 3. The van der Waals surface area contributed by atoms with Crippen LogP contribution in [0.5, 0.6) is 5.75 Å². The van der Waals surface area contributed by atoms with Crippen molar-refractivity contribution in [1.29, 1.82) is 0 Å². The van der Waals surface area contributed by atoms with E-state index in [9.17, 15) is 18.4 Å². The van der Waals surface area contributed by atoms with Gasteiger partial charge in [-0.2, -0.15) is 8.78 Å². The minimum absolute atomic E-state index is 0.00808. The van der Waals surface area contributed by atoms with Crippen molar-refractivity contribution in [3.8, 4) is 5.75 Å². The Balaban J connectivity index is 1.90. The number of primary amides is 1. The van der Waals surface area contributed by atoms with Crippen LogP contribution in [0.15, 0.2) is 42.5 Å². The zero-order valence-electron chi connectivity index (χ0n) is 12.8. The number of carbonyl (C=O) groups is 2. The van der Waals surface area contributed by atoms with E-state index in [0.29, 0.717) is 11.4 Å². The molecule has 0 aliphatic rings. The molecule has 0 atom stereocenters. The van der Waals surface area contributed by atoms with Crippen LogP contribution in [0.25, 0.3) is 0 Å². The molecule has 0 aliphatic heterocycles. The van der Waals surface area contributed by atoms with Crippen molar-refractivity contribution in [3.05, 3.63) is 53.1 Å². The Morgan fingerprint density at radius 2 is 1.76 bits per heavy atom. The van der Waals surface area contributed by atoms with Crippen molar-refractivity contribution in [1.82, 2.24) is 0 Å². The summed E-state index contributed by atoms with van der Waals surface area (Å²) < 4.78 is 28.3. The molecule has 0 bridgehead atoms. The number of nitrogens with one attached hydrogen (secondary N) is 2. The quantitative estimate of drug-likeness (QED) is 0.699. The zero-order valence-corrected chi connectivity index (χ0v) is 13.5. The zero-order chi connectivity index (χ0) is 18.4. The number of nitrogens with two attached hydrogens (primary N) is 1. The number of hydrogen-bond acceptors (Lipinski definition) is 4. The highest BCUT2D eigenvalue weighted by Gasteiger charge is 2.09. The van der Waals surface area contributed by atoms with Gasteiger partial charge in [-0.1, -0.05) is 11.6 Å². The first-order valence-corrected chi connectivity index (χ1v) is 7.41. The van der Waals surface area contributed by atoms with Gasteiger partial charge in [0, 0.05) is 11.4 Å². The van der Waals surface area contributed by atoms with E-state index in [-0.39, 0.29) is 28.8 Å². The normalized spacial score (nSPS) is 10.4. The summed E-state index contributed by atoms with van der Waals surface area (Å²) in [5, 5.41) is 5.62. The topological polar surface area (TPSA) is 93.5 Å². The highest BCUT2D eigenvalue weighted by atomic mass is 35.5. The molecule has 9 heteroatoms. The first kappa shape index (κ1) is 18.5. The lowest BCUT2D eigenvalue weighted by molar-refractivity contribution is -0.114. The number of hydrogen-bond donors (Lipinski definition) is 3. The molecule has 0 fully saturated rings. The van der Waals surface area contributed by atoms with Gasteiger partial charge in [0.1, 0.15) is 5.75 Å². The van der Waals surface area contributed by atoms with Crippen LogP contribution in [0.2, 0.25) is 5.02 Å². The lowest BCUT2D eigenvalue weighted by atomic mass is 10.2. The first-order chi connectivity index (χ1) is 11.8. The third-order valence-electron chi connectivity index (χ3n) is 3.05. The van der Waals surface area contributed by atoms with E-state index in [1.807, 2.05) is 0 Å². The second-order valence-corrected chi connectivity index (χ2v) is 5.27. The molecular weight excluding hydrogens is 356 g/mol. The lowest BCUT2D eigenvalue weighted by Gasteiger charge is -2.10. The van der Waals surface area contributed by atoms with Gasteiger partial charge in [0.2, 0.25) is 11.8 Å². The number of anilines is 2. The standard InChI is InChI=1S/C16H14ClF2N3O3/c17-13-6-3-10(7-12(13)15(20)24)21-8-14(23)22-9-1-4-11(5-2-9)25-16(18)19/h1-7,16,21H,8H2,(H2,20,24)(H,22,23). The molecule has 0 saturated carbocycles. The number of amides is 2. The van der Waals surface area contributed by atoms with Crippen molar-refractivity contribution in [2.75, 3.05) is 17.2 Å². The average molecular weight is 370 g/mol. The number of rotatable bonds is 7. The molecule has 0 unspecified atom stereocenters. The summed E-state index contributed by atoms with van der Waals surface area (Å²) in [7, 11) is 0. The van der Waals surface area contributed by atoms with Crippen LogP contribution in [0, 0.1) is 0 Å². The molecule has 0 radical (unpaired) electrons. The minimum Gasteiger partial charge on any atom is -0.435 e. The number of benzene rings is 2. The Kier molecular flexibility index (Phi) is 6.13. The second-order valence-electron chi connectivity index (χ2n) is 4.86. The summed E-state index contributed by atoms with van der Waals surface area (Å²) >= 11 is 5.84. The van der Waals surface area contributed by atoms with Gasteiger partial charge in [0.05, 0.1) is 17.1 Å². The molecule has 0 spiro atoms. The van der Waals surface area contributed by atoms with E-state index >= 15 is 0 Å². The van der Waals surface area contributed by atoms with E-state index in [4.69, 9.17) is 17.3 Å². The van der Waals surface area contributed by atoms with E-state index < -0.39 is 12.5 Å². The number of alkyl halides is 2. The van der Waals surface area contributed by atoms with Crippen LogP contribution in [0.3, 0.4) is 0 Å². The molecule has 0 aromatic heterocycles. The molecule has 2 rings (SSSR count). The van der Waals surface area contributed by atoms with Crippen molar-refractivity contribution < 1.29 is 23.1 Å². The van der Waals surface area contributed by atoms with E-state index in [1.54, 1.807) is 6.07 Å². The van der Waals surface area contributed by atoms with Gasteiger partial charge in [-0.25, -0.2) is 0 Å². The molecule has 2 aromatic rings. The van der Waals surface area contributed by atoms with Crippen LogP contribution < -0.4 is 21.1 Å². The number of ether oxygens (including phenoxy) is 1. The molecule has 0 aliphatic carbocycles. The Bertz CT molecular complexity index is 770. The lowest BCUT2D eigenvalue weighted by Crippen LogP contribution is -2.22. The summed E-state index contributed by atoms with van der Waals surface area (Å²) in [6.07, 6.45) is 0. The third kappa shape index (κ3) is 5.61. The fraction of sp³-hybridized carbons (Fsp3) is 0.125. The monoisotopic (exact) mass is 369 g/mol. The first-order valence-electron chi connectivity index (χ1n) is 7.03. The summed E-state index contributed by atoms with van der Waals surface area (Å²) in [4.78, 5) is 23.1. The van der Waals surface area contributed by atoms with Crippen molar-refractivity contribution in [2.45, 2.75) is 6.61 Å². The summed E-state index contributed by atoms with van der Waals surface area (Å²) in [5.74, 6) is -1.06. The van der Waals surface area contributed by atoms with Gasteiger partial charge in [-0.3, -0.25) is 9.59 Å². The Labute approximate surface area is 146 Å². The Hall–Kier alpha value is -2.87. The molecule has 25 heavy (non-hydrogen) atoms. The Morgan fingerprint density at radius 1 is 1.12 bits per heavy atom. The van der Waals surface area contributed by atoms with E-state index in [2.05, 4.69) is 15.4 Å². The predicted octanol–water partition coefficient (Wildman–Crippen LogP) is 3.09. The van der Waals surface area contributed by atoms with Crippen LogP contribution in [-0.2, 0) is 4.79 Å². The molecule has 2 aromatic carbocycles. The number of carbonyl (C=O) groups excluding carboxylic acids is 2. The predicted molar refractivity (Wildman–Crippen MR) is 90.2 cm³/mol. The molecule has 2 amide bonds. The molecule has 0 saturated heterocycles. The summed E-state index contributed by atoms with van der Waals surface area (Å²) in [6, 6.07) is 10.0. The molecular formula is C16H14ClF2N3O3. The molecule has 0 heterocycles. The van der Waals surface area contributed by atoms with Crippen LogP contribution in [0.1, 0.15) is 10.4 Å². The SMILES string of the molecule is NC(=O)c1cc(NCC(=O)Nc2ccc(OC(F)F)cc2)ccc1Cl. The van der Waals surface area contributed by atoms with E-state index in [0.717, 1.165) is 0 Å². The maximum Gasteiger partial charge on any atom is 0.387 e. The highest BCUT2D eigenvalue weighted by Crippen LogP contribution is 2.20. The van der Waals surface area contributed by atoms with Gasteiger partial charge in [-0.15, -0.1) is 0 Å². The van der Waals surface area contributed by atoms with Crippen LogP contribution in [-0.4, -0.2) is 25.0 Å². The van der Waals surface area contributed by atoms with Crippen LogP contribution >= 0.6 is 11.6 Å². The second kappa shape index (κ2) is 8.29. The van der Waals surface area contributed by atoms with Crippen molar-refractivity contribution >= 4 is 34.8 Å². The van der Waals surface area contributed by atoms with Crippen molar-refractivity contribution in [3.63, 3.8) is 0 Å². The maximum absolute atomic E-state index is 12.1. The highest BCUT2D eigenvalue weighted by molar-refractivity contribution is 6.33. The van der Waals surface area contributed by atoms with Gasteiger partial charge in [-0.05, 0) is 42.5 Å². The molecule has 4 N–H and O–H groups in total. The Morgan fingerprint density at radius 3 is 2.36 bits per heavy atom. The summed E-state index contributed by atoms with van der Waals surface area (Å²) in [5.41, 5.74) is 6.25. The fourth-order valence-electron chi connectivity index (χ4n) is 1.93. The van der Waals surface area contributed by atoms with Crippen molar-refractivity contribution in [2.24, 2.45) is 5.73 Å². The van der Waals surface area contributed by atoms with Gasteiger partial charge in [0.15, 0.2) is 0 Å². The largest absolute Gasteiger partial charge is 0.435 e.